The summed E-state index contributed by atoms with van der Waals surface area (Å²) in [5, 5.41) is 0. The van der Waals surface area contributed by atoms with Gasteiger partial charge in [-0.1, -0.05) is 43.5 Å². The number of benzene rings is 2. The van der Waals surface area contributed by atoms with Crippen LogP contribution in [0.1, 0.15) is 49.1 Å². The molecule has 4 heteroatoms. The summed E-state index contributed by atoms with van der Waals surface area (Å²) in [6, 6.07) is 15.5. The Morgan fingerprint density at radius 3 is 2.54 bits per heavy atom. The number of nitrogen functional groups attached to an aromatic ring is 1. The van der Waals surface area contributed by atoms with Crippen LogP contribution in [-0.2, 0) is 16.1 Å². The zero-order valence-corrected chi connectivity index (χ0v) is 13.8. The third-order valence-electron chi connectivity index (χ3n) is 4.57. The van der Waals surface area contributed by atoms with Crippen LogP contribution in [0.25, 0.3) is 0 Å². The van der Waals surface area contributed by atoms with Crippen LogP contribution in [0.5, 0.6) is 0 Å². The second-order valence-electron chi connectivity index (χ2n) is 6.45. The van der Waals surface area contributed by atoms with Crippen molar-refractivity contribution in [3.63, 3.8) is 0 Å². The Bertz CT molecular complexity index is 676. The van der Waals surface area contributed by atoms with Gasteiger partial charge in [0.15, 0.2) is 0 Å². The maximum Gasteiger partial charge on any atom is 0.336 e. The summed E-state index contributed by atoms with van der Waals surface area (Å²) in [4.78, 5) is 17.0. The zero-order valence-electron chi connectivity index (χ0n) is 13.8. The normalized spacial score (nSPS) is 15.0. The minimum absolute atomic E-state index is 0.193. The van der Waals surface area contributed by atoms with Crippen LogP contribution < -0.4 is 11.2 Å². The van der Waals surface area contributed by atoms with Crippen LogP contribution in [0.3, 0.4) is 0 Å². The highest BCUT2D eigenvalue weighted by Crippen LogP contribution is 2.32. The van der Waals surface area contributed by atoms with Crippen molar-refractivity contribution in [1.29, 1.82) is 0 Å². The molecule has 0 heterocycles. The van der Waals surface area contributed by atoms with Crippen molar-refractivity contribution in [2.75, 3.05) is 11.2 Å². The smallest absolute Gasteiger partial charge is 0.336 e. The van der Waals surface area contributed by atoms with Gasteiger partial charge in [-0.25, -0.2) is 10.3 Å². The van der Waals surface area contributed by atoms with Crippen LogP contribution in [0, 0.1) is 0 Å². The highest BCUT2D eigenvalue weighted by molar-refractivity contribution is 5.73. The molecule has 2 aromatic carbocycles. The highest BCUT2D eigenvalue weighted by atomic mass is 16.7. The lowest BCUT2D eigenvalue weighted by Gasteiger charge is -2.22. The summed E-state index contributed by atoms with van der Waals surface area (Å²) in [5.74, 6) is 0.343. The van der Waals surface area contributed by atoms with Gasteiger partial charge in [0, 0.05) is 5.69 Å². The SMILES string of the molecule is Nc1cccc(CC(=O)ONc2ccc(C3CCCCC3)cc2)c1. The fourth-order valence-corrected chi connectivity index (χ4v) is 3.28. The molecule has 0 aliphatic heterocycles. The van der Waals surface area contributed by atoms with Gasteiger partial charge in [-0.3, -0.25) is 0 Å². The number of hydrogen-bond donors (Lipinski definition) is 2. The number of hydrogen-bond acceptors (Lipinski definition) is 4. The van der Waals surface area contributed by atoms with Crippen molar-refractivity contribution in [3.8, 4) is 0 Å². The second kappa shape index (κ2) is 7.86. The van der Waals surface area contributed by atoms with Crippen molar-refractivity contribution < 1.29 is 9.63 Å². The van der Waals surface area contributed by atoms with Crippen molar-refractivity contribution in [3.05, 3.63) is 59.7 Å². The molecule has 126 valence electrons. The van der Waals surface area contributed by atoms with E-state index in [1.54, 1.807) is 12.1 Å². The second-order valence-corrected chi connectivity index (χ2v) is 6.45. The van der Waals surface area contributed by atoms with E-state index in [1.807, 2.05) is 24.3 Å². The van der Waals surface area contributed by atoms with Gasteiger partial charge in [0.2, 0.25) is 0 Å². The summed E-state index contributed by atoms with van der Waals surface area (Å²) in [6.45, 7) is 0. The van der Waals surface area contributed by atoms with Gasteiger partial charge < -0.3 is 10.6 Å². The number of nitrogens with one attached hydrogen (secondary N) is 1. The first-order valence-electron chi connectivity index (χ1n) is 8.61. The third-order valence-corrected chi connectivity index (χ3v) is 4.57. The van der Waals surface area contributed by atoms with Crippen molar-refractivity contribution in [1.82, 2.24) is 0 Å². The average Bonchev–Trinajstić information content (AvgIpc) is 2.61. The predicted molar refractivity (Wildman–Crippen MR) is 96.5 cm³/mol. The van der Waals surface area contributed by atoms with Gasteiger partial charge in [0.05, 0.1) is 12.1 Å². The lowest BCUT2D eigenvalue weighted by molar-refractivity contribution is -0.139. The van der Waals surface area contributed by atoms with E-state index in [0.717, 1.165) is 11.3 Å². The molecule has 3 rings (SSSR count). The lowest BCUT2D eigenvalue weighted by Crippen LogP contribution is -2.13. The van der Waals surface area contributed by atoms with Crippen molar-refractivity contribution in [2.45, 2.75) is 44.4 Å². The molecule has 4 nitrogen and oxygen atoms in total. The van der Waals surface area contributed by atoms with Crippen LogP contribution in [0.15, 0.2) is 48.5 Å². The molecule has 0 atom stereocenters. The molecule has 0 radical (unpaired) electrons. The quantitative estimate of drug-likeness (QED) is 0.631. The first kappa shape index (κ1) is 16.4. The largest absolute Gasteiger partial charge is 0.399 e. The Morgan fingerprint density at radius 1 is 1.08 bits per heavy atom. The molecular weight excluding hydrogens is 300 g/mol. The summed E-state index contributed by atoms with van der Waals surface area (Å²) >= 11 is 0. The Hall–Kier alpha value is -2.49. The van der Waals surface area contributed by atoms with Gasteiger partial charge in [-0.15, -0.1) is 0 Å². The number of rotatable bonds is 5. The van der Waals surface area contributed by atoms with E-state index >= 15 is 0 Å². The van der Waals surface area contributed by atoms with Crippen molar-refractivity contribution >= 4 is 17.3 Å². The molecule has 0 spiro atoms. The van der Waals surface area contributed by atoms with E-state index in [2.05, 4.69) is 17.6 Å². The summed E-state index contributed by atoms with van der Waals surface area (Å²) in [5.41, 5.74) is 12.1. The van der Waals surface area contributed by atoms with Crippen LogP contribution in [0.2, 0.25) is 0 Å². The molecule has 1 aliphatic rings. The third kappa shape index (κ3) is 4.51. The van der Waals surface area contributed by atoms with Gasteiger partial charge in [-0.05, 0) is 54.2 Å². The van der Waals surface area contributed by atoms with E-state index in [0.29, 0.717) is 11.6 Å². The van der Waals surface area contributed by atoms with E-state index in [-0.39, 0.29) is 12.4 Å². The van der Waals surface area contributed by atoms with E-state index in [9.17, 15) is 4.79 Å². The molecule has 0 aromatic heterocycles. The number of anilines is 2. The predicted octanol–water partition coefficient (Wildman–Crippen LogP) is 4.43. The Morgan fingerprint density at radius 2 is 1.83 bits per heavy atom. The lowest BCUT2D eigenvalue weighted by atomic mass is 9.84. The average molecular weight is 324 g/mol. The zero-order chi connectivity index (χ0) is 16.8. The molecule has 1 aliphatic carbocycles. The van der Waals surface area contributed by atoms with Gasteiger partial charge in [-0.2, -0.15) is 0 Å². The monoisotopic (exact) mass is 324 g/mol. The first-order chi connectivity index (χ1) is 11.7. The molecule has 24 heavy (non-hydrogen) atoms. The maximum atomic E-state index is 11.9. The van der Waals surface area contributed by atoms with Crippen LogP contribution >= 0.6 is 0 Å². The fourth-order valence-electron chi connectivity index (χ4n) is 3.28. The van der Waals surface area contributed by atoms with Gasteiger partial charge >= 0.3 is 5.97 Å². The standard InChI is InChI=1S/C20H24N2O2/c21-18-8-4-5-15(13-18)14-20(23)24-22-19-11-9-17(10-12-19)16-6-2-1-3-7-16/h4-5,8-13,16,22H,1-3,6-7,14,21H2. The summed E-state index contributed by atoms with van der Waals surface area (Å²) in [6.07, 6.45) is 6.76. The molecule has 3 N–H and O–H groups in total. The Balaban J connectivity index is 1.50. The van der Waals surface area contributed by atoms with E-state index < -0.39 is 0 Å². The molecular formula is C20H24N2O2. The van der Waals surface area contributed by atoms with Crippen LogP contribution in [0.4, 0.5) is 11.4 Å². The Labute approximate surface area is 143 Å². The minimum atomic E-state index is -0.336. The van der Waals surface area contributed by atoms with Crippen molar-refractivity contribution in [2.24, 2.45) is 0 Å². The highest BCUT2D eigenvalue weighted by Gasteiger charge is 2.15. The van der Waals surface area contributed by atoms with Crippen LogP contribution in [-0.4, -0.2) is 5.97 Å². The first-order valence-corrected chi connectivity index (χ1v) is 8.61. The molecule has 2 aromatic rings. The molecule has 0 saturated heterocycles. The van der Waals surface area contributed by atoms with E-state index in [1.165, 1.54) is 37.7 Å². The molecule has 0 amide bonds. The topological polar surface area (TPSA) is 64.4 Å². The molecule has 1 saturated carbocycles. The van der Waals surface area contributed by atoms with Gasteiger partial charge in [0.25, 0.3) is 0 Å². The maximum absolute atomic E-state index is 11.9. The number of carbonyl (C=O) groups excluding carboxylic acids is 1. The molecule has 0 unspecified atom stereocenters. The Kier molecular flexibility index (Phi) is 5.36. The minimum Gasteiger partial charge on any atom is -0.399 e. The van der Waals surface area contributed by atoms with E-state index in [4.69, 9.17) is 10.6 Å². The fraction of sp³-hybridized carbons (Fsp3) is 0.350. The number of nitrogens with two attached hydrogens (primary N) is 1. The molecule has 0 bridgehead atoms. The molecule has 1 fully saturated rings. The van der Waals surface area contributed by atoms with Gasteiger partial charge in [0.1, 0.15) is 0 Å². The summed E-state index contributed by atoms with van der Waals surface area (Å²) < 4.78 is 0. The summed E-state index contributed by atoms with van der Waals surface area (Å²) in [7, 11) is 0. The number of carbonyl (C=O) groups is 1.